The van der Waals surface area contributed by atoms with E-state index < -0.39 is 0 Å². The van der Waals surface area contributed by atoms with Crippen LogP contribution in [-0.4, -0.2) is 46.7 Å². The number of nitrogens with one attached hydrogen (secondary N) is 1. The van der Waals surface area contributed by atoms with Gasteiger partial charge in [0.05, 0.1) is 30.8 Å². The lowest BCUT2D eigenvalue weighted by Crippen LogP contribution is -2.48. The summed E-state index contributed by atoms with van der Waals surface area (Å²) in [7, 11) is 0. The quantitative estimate of drug-likeness (QED) is 0.880. The Labute approximate surface area is 115 Å². The maximum absolute atomic E-state index is 5.71. The van der Waals surface area contributed by atoms with Crippen LogP contribution in [0.2, 0.25) is 0 Å². The molecule has 2 rings (SSSR count). The Morgan fingerprint density at radius 3 is 2.84 bits per heavy atom. The third-order valence-corrected chi connectivity index (χ3v) is 3.48. The van der Waals surface area contributed by atoms with Gasteiger partial charge in [-0.05, 0) is 20.3 Å². The molecule has 1 aliphatic heterocycles. The Hall–Kier alpha value is -1.20. The molecule has 0 radical (unpaired) electrons. The third-order valence-electron chi connectivity index (χ3n) is 3.48. The molecule has 2 atom stereocenters. The van der Waals surface area contributed by atoms with Gasteiger partial charge in [-0.2, -0.15) is 0 Å². The van der Waals surface area contributed by atoms with Gasteiger partial charge in [0.1, 0.15) is 5.82 Å². The monoisotopic (exact) mass is 264 g/mol. The van der Waals surface area contributed by atoms with Gasteiger partial charge in [0.2, 0.25) is 0 Å². The van der Waals surface area contributed by atoms with Crippen LogP contribution in [0.5, 0.6) is 0 Å². The summed E-state index contributed by atoms with van der Waals surface area (Å²) in [5.74, 6) is 0.841. The Kier molecular flexibility index (Phi) is 5.10. The normalized spacial score (nSPS) is 24.4. The molecular formula is C14H24N4O. The minimum atomic E-state index is 0.303. The van der Waals surface area contributed by atoms with Crippen molar-refractivity contribution in [3.63, 3.8) is 0 Å². The molecule has 0 spiro atoms. The fourth-order valence-electron chi connectivity index (χ4n) is 2.40. The largest absolute Gasteiger partial charge is 0.376 e. The second-order valence-electron chi connectivity index (χ2n) is 5.06. The lowest BCUT2D eigenvalue weighted by molar-refractivity contribution is -0.0596. The molecule has 19 heavy (non-hydrogen) atoms. The molecule has 106 valence electrons. The summed E-state index contributed by atoms with van der Waals surface area (Å²) in [5, 5.41) is 3.16. The van der Waals surface area contributed by atoms with Gasteiger partial charge in [-0.25, -0.2) is 4.98 Å². The van der Waals surface area contributed by atoms with Crippen molar-refractivity contribution >= 4 is 5.82 Å². The Balaban J connectivity index is 1.98. The maximum Gasteiger partial charge on any atom is 0.144 e. The molecule has 5 nitrogen and oxygen atoms in total. The zero-order valence-electron chi connectivity index (χ0n) is 12.1. The van der Waals surface area contributed by atoms with Crippen LogP contribution in [0, 0.1) is 0 Å². The average molecular weight is 264 g/mol. The van der Waals surface area contributed by atoms with Crippen LogP contribution in [0.15, 0.2) is 12.4 Å². The molecule has 1 aliphatic rings. The van der Waals surface area contributed by atoms with Gasteiger partial charge in [0, 0.05) is 25.7 Å². The molecule has 5 heteroatoms. The highest BCUT2D eigenvalue weighted by molar-refractivity contribution is 5.30. The molecule has 1 fully saturated rings. The molecule has 0 aliphatic carbocycles. The van der Waals surface area contributed by atoms with Crippen LogP contribution in [0.25, 0.3) is 0 Å². The second kappa shape index (κ2) is 6.82. The molecule has 1 N–H and O–H groups in total. The highest BCUT2D eigenvalue weighted by atomic mass is 16.5. The second-order valence-corrected chi connectivity index (χ2v) is 5.06. The highest BCUT2D eigenvalue weighted by Crippen LogP contribution is 2.17. The highest BCUT2D eigenvalue weighted by Gasteiger charge is 2.25. The first-order chi connectivity index (χ1) is 9.22. The average Bonchev–Trinajstić information content (AvgIpc) is 2.42. The maximum atomic E-state index is 5.71. The molecule has 2 heterocycles. The number of rotatable bonds is 5. The van der Waals surface area contributed by atoms with Crippen molar-refractivity contribution < 1.29 is 4.74 Å². The fraction of sp³-hybridized carbons (Fsp3) is 0.714. The van der Waals surface area contributed by atoms with Crippen LogP contribution >= 0.6 is 0 Å². The van der Waals surface area contributed by atoms with Crippen molar-refractivity contribution in [3.05, 3.63) is 18.1 Å². The summed E-state index contributed by atoms with van der Waals surface area (Å²) >= 11 is 0. The van der Waals surface area contributed by atoms with Crippen molar-refractivity contribution in [2.45, 2.75) is 45.9 Å². The standard InChI is InChI=1S/C14H24N4O/c1-4-13-10-19-11(3)8-18(13)9-12-6-17-14(7-16-12)15-5-2/h6-7,11,13H,4-5,8-10H2,1-3H3,(H,15,17). The van der Waals surface area contributed by atoms with E-state index in [-0.39, 0.29) is 0 Å². The first-order valence-electron chi connectivity index (χ1n) is 7.13. The third kappa shape index (κ3) is 3.88. The van der Waals surface area contributed by atoms with Crippen LogP contribution in [0.4, 0.5) is 5.82 Å². The molecule has 0 bridgehead atoms. The van der Waals surface area contributed by atoms with E-state index in [1.165, 1.54) is 0 Å². The van der Waals surface area contributed by atoms with Gasteiger partial charge in [-0.15, -0.1) is 0 Å². The van der Waals surface area contributed by atoms with E-state index in [1.54, 1.807) is 0 Å². The SMILES string of the molecule is CCNc1cnc(CN2CC(C)OCC2CC)cn1. The number of nitrogens with zero attached hydrogens (tertiary/aromatic N) is 3. The van der Waals surface area contributed by atoms with E-state index in [1.807, 2.05) is 12.4 Å². The van der Waals surface area contributed by atoms with Crippen molar-refractivity contribution in [2.75, 3.05) is 25.0 Å². The van der Waals surface area contributed by atoms with Gasteiger partial charge in [-0.3, -0.25) is 9.88 Å². The van der Waals surface area contributed by atoms with Gasteiger partial charge in [-0.1, -0.05) is 6.92 Å². The van der Waals surface area contributed by atoms with E-state index >= 15 is 0 Å². The molecule has 0 saturated carbocycles. The summed E-state index contributed by atoms with van der Waals surface area (Å²) in [6.07, 6.45) is 5.08. The van der Waals surface area contributed by atoms with Gasteiger partial charge in [0.15, 0.2) is 0 Å². The summed E-state index contributed by atoms with van der Waals surface area (Å²) in [6, 6.07) is 0.492. The Morgan fingerprint density at radius 1 is 1.37 bits per heavy atom. The summed E-state index contributed by atoms with van der Waals surface area (Å²) in [5.41, 5.74) is 1.02. The number of aromatic nitrogens is 2. The zero-order valence-corrected chi connectivity index (χ0v) is 12.1. The zero-order chi connectivity index (χ0) is 13.7. The summed E-state index contributed by atoms with van der Waals surface area (Å²) < 4.78 is 5.71. The van der Waals surface area contributed by atoms with E-state index in [0.29, 0.717) is 12.1 Å². The number of ether oxygens (including phenoxy) is 1. The molecule has 1 aromatic heterocycles. The van der Waals surface area contributed by atoms with Crippen LogP contribution in [-0.2, 0) is 11.3 Å². The smallest absolute Gasteiger partial charge is 0.144 e. The van der Waals surface area contributed by atoms with Crippen molar-refractivity contribution in [1.29, 1.82) is 0 Å². The molecular weight excluding hydrogens is 240 g/mol. The number of morpholine rings is 1. The minimum Gasteiger partial charge on any atom is -0.376 e. The van der Waals surface area contributed by atoms with E-state index in [4.69, 9.17) is 4.74 Å². The molecule has 1 saturated heterocycles. The van der Waals surface area contributed by atoms with Gasteiger partial charge in [0.25, 0.3) is 0 Å². The first-order valence-corrected chi connectivity index (χ1v) is 7.13. The van der Waals surface area contributed by atoms with E-state index in [2.05, 4.69) is 41.0 Å². The van der Waals surface area contributed by atoms with E-state index in [9.17, 15) is 0 Å². The van der Waals surface area contributed by atoms with Crippen LogP contribution in [0.3, 0.4) is 0 Å². The van der Waals surface area contributed by atoms with Crippen LogP contribution in [0.1, 0.15) is 32.9 Å². The summed E-state index contributed by atoms with van der Waals surface area (Å²) in [6.45, 7) is 9.89. The number of anilines is 1. The van der Waals surface area contributed by atoms with Crippen molar-refractivity contribution in [1.82, 2.24) is 14.9 Å². The first kappa shape index (κ1) is 14.2. The Bertz CT molecular complexity index is 382. The predicted octanol–water partition coefficient (Wildman–Crippen LogP) is 1.91. The predicted molar refractivity (Wildman–Crippen MR) is 76.1 cm³/mol. The topological polar surface area (TPSA) is 50.3 Å². The van der Waals surface area contributed by atoms with Crippen LogP contribution < -0.4 is 5.32 Å². The fourth-order valence-corrected chi connectivity index (χ4v) is 2.40. The molecule has 1 aromatic rings. The Morgan fingerprint density at radius 2 is 2.21 bits per heavy atom. The lowest BCUT2D eigenvalue weighted by atomic mass is 10.1. The number of hydrogen-bond acceptors (Lipinski definition) is 5. The molecule has 0 amide bonds. The minimum absolute atomic E-state index is 0.303. The van der Waals surface area contributed by atoms with Crippen molar-refractivity contribution in [3.8, 4) is 0 Å². The van der Waals surface area contributed by atoms with E-state index in [0.717, 1.165) is 44.2 Å². The molecule has 2 unspecified atom stereocenters. The molecule has 0 aromatic carbocycles. The summed E-state index contributed by atoms with van der Waals surface area (Å²) in [4.78, 5) is 11.3. The van der Waals surface area contributed by atoms with Gasteiger partial charge >= 0.3 is 0 Å². The van der Waals surface area contributed by atoms with Crippen molar-refractivity contribution in [2.24, 2.45) is 0 Å². The number of hydrogen-bond donors (Lipinski definition) is 1. The lowest BCUT2D eigenvalue weighted by Gasteiger charge is -2.38. The van der Waals surface area contributed by atoms with Gasteiger partial charge < -0.3 is 10.1 Å².